The minimum Gasteiger partial charge on any atom is -0.306 e. The van der Waals surface area contributed by atoms with E-state index in [9.17, 15) is 0 Å². The molecular weight excluding hydrogens is 268 g/mol. The Kier molecular flexibility index (Phi) is 10.6. The summed E-state index contributed by atoms with van der Waals surface area (Å²) < 4.78 is 0. The Hall–Kier alpha value is -0.0800. The van der Waals surface area contributed by atoms with Crippen molar-refractivity contribution in [1.29, 1.82) is 0 Å². The van der Waals surface area contributed by atoms with E-state index in [0.717, 1.165) is 0 Å². The summed E-state index contributed by atoms with van der Waals surface area (Å²) in [6, 6.07) is 0. The van der Waals surface area contributed by atoms with E-state index in [0.29, 0.717) is 10.8 Å². The summed E-state index contributed by atoms with van der Waals surface area (Å²) in [4.78, 5) is 5.06. The smallest absolute Gasteiger partial charge is 0.00167 e. The normalized spacial score (nSPS) is 13.4. The predicted octanol–water partition coefficient (Wildman–Crippen LogP) is 5.28. The fraction of sp³-hybridized carbons (Fsp3) is 1.00. The maximum atomic E-state index is 2.54. The summed E-state index contributed by atoms with van der Waals surface area (Å²) in [7, 11) is 2.29. The third kappa shape index (κ3) is 12.5. The second-order valence-electron chi connectivity index (χ2n) is 9.01. The molecule has 0 amide bonds. The van der Waals surface area contributed by atoms with Crippen LogP contribution in [-0.4, -0.2) is 49.6 Å². The lowest BCUT2D eigenvalue weighted by atomic mass is 9.84. The first-order valence-electron chi connectivity index (χ1n) is 9.50. The molecule has 0 aliphatic carbocycles. The zero-order valence-corrected chi connectivity index (χ0v) is 17.0. The molecule has 0 aliphatic rings. The maximum Gasteiger partial charge on any atom is -0.00167 e. The molecule has 0 aliphatic heterocycles. The van der Waals surface area contributed by atoms with Gasteiger partial charge in [0.1, 0.15) is 0 Å². The van der Waals surface area contributed by atoms with Crippen LogP contribution in [0, 0.1) is 10.8 Å². The summed E-state index contributed by atoms with van der Waals surface area (Å²) in [6.07, 6.45) is 6.64. The molecule has 0 unspecified atom stereocenters. The van der Waals surface area contributed by atoms with Gasteiger partial charge in [0.2, 0.25) is 0 Å². The van der Waals surface area contributed by atoms with Crippen molar-refractivity contribution in [3.05, 3.63) is 0 Å². The van der Waals surface area contributed by atoms with E-state index in [2.05, 4.69) is 65.3 Å². The molecule has 0 spiro atoms. The van der Waals surface area contributed by atoms with Crippen LogP contribution in [0.2, 0.25) is 0 Å². The third-order valence-electron chi connectivity index (χ3n) is 4.86. The number of hydrogen-bond donors (Lipinski definition) is 0. The van der Waals surface area contributed by atoms with E-state index >= 15 is 0 Å². The van der Waals surface area contributed by atoms with Crippen LogP contribution in [0.4, 0.5) is 0 Å². The van der Waals surface area contributed by atoms with Crippen LogP contribution >= 0.6 is 0 Å². The fourth-order valence-electron chi connectivity index (χ4n) is 2.93. The van der Waals surface area contributed by atoms with E-state index < -0.39 is 0 Å². The molecule has 0 rings (SSSR count). The van der Waals surface area contributed by atoms with Gasteiger partial charge in [-0.25, -0.2) is 0 Å². The third-order valence-corrected chi connectivity index (χ3v) is 4.86. The molecular formula is C20H44N2. The Labute approximate surface area is 141 Å². The topological polar surface area (TPSA) is 6.48 Å². The second-order valence-corrected chi connectivity index (χ2v) is 9.01. The average molecular weight is 313 g/mol. The van der Waals surface area contributed by atoms with Gasteiger partial charge in [0.05, 0.1) is 0 Å². The Morgan fingerprint density at radius 3 is 1.73 bits per heavy atom. The van der Waals surface area contributed by atoms with Crippen LogP contribution in [0.15, 0.2) is 0 Å². The van der Waals surface area contributed by atoms with Gasteiger partial charge in [-0.05, 0) is 82.7 Å². The standard InChI is InChI=1S/C20H44N2/c1-9-22(10-2)17-12-14-20(6,7)15-18-21(8)16-11-13-19(3,4)5/h9-18H2,1-8H3. The molecule has 0 radical (unpaired) electrons. The van der Waals surface area contributed by atoms with Gasteiger partial charge in [0, 0.05) is 0 Å². The Bertz CT molecular complexity index is 261. The molecule has 0 N–H and O–H groups in total. The van der Waals surface area contributed by atoms with Crippen molar-refractivity contribution in [3.8, 4) is 0 Å². The molecule has 2 heteroatoms. The van der Waals surface area contributed by atoms with Crippen LogP contribution in [0.3, 0.4) is 0 Å². The monoisotopic (exact) mass is 312 g/mol. The van der Waals surface area contributed by atoms with Crippen molar-refractivity contribution in [2.24, 2.45) is 10.8 Å². The minimum absolute atomic E-state index is 0.477. The van der Waals surface area contributed by atoms with Gasteiger partial charge in [-0.1, -0.05) is 48.5 Å². The van der Waals surface area contributed by atoms with E-state index in [4.69, 9.17) is 0 Å². The first-order chi connectivity index (χ1) is 10.1. The van der Waals surface area contributed by atoms with Gasteiger partial charge in [0.25, 0.3) is 0 Å². The molecule has 0 saturated heterocycles. The van der Waals surface area contributed by atoms with E-state index in [1.54, 1.807) is 0 Å². The largest absolute Gasteiger partial charge is 0.306 e. The van der Waals surface area contributed by atoms with Crippen LogP contribution in [0.1, 0.15) is 80.6 Å². The average Bonchev–Trinajstić information content (AvgIpc) is 2.40. The Morgan fingerprint density at radius 2 is 1.23 bits per heavy atom. The van der Waals surface area contributed by atoms with Crippen molar-refractivity contribution >= 4 is 0 Å². The van der Waals surface area contributed by atoms with E-state index in [1.807, 2.05) is 0 Å². The van der Waals surface area contributed by atoms with Gasteiger partial charge in [0.15, 0.2) is 0 Å². The van der Waals surface area contributed by atoms with Crippen molar-refractivity contribution in [1.82, 2.24) is 9.80 Å². The molecule has 0 aromatic rings. The first kappa shape index (κ1) is 21.9. The number of nitrogens with zero attached hydrogens (tertiary/aromatic N) is 2. The molecule has 0 fully saturated rings. The van der Waals surface area contributed by atoms with Crippen LogP contribution in [0.5, 0.6) is 0 Å². The van der Waals surface area contributed by atoms with Crippen molar-refractivity contribution in [2.75, 3.05) is 39.8 Å². The van der Waals surface area contributed by atoms with Crippen molar-refractivity contribution in [3.63, 3.8) is 0 Å². The predicted molar refractivity (Wildman–Crippen MR) is 102 cm³/mol. The lowest BCUT2D eigenvalue weighted by Crippen LogP contribution is -2.28. The number of rotatable bonds is 12. The lowest BCUT2D eigenvalue weighted by Gasteiger charge is -2.29. The first-order valence-corrected chi connectivity index (χ1v) is 9.50. The molecule has 22 heavy (non-hydrogen) atoms. The highest BCUT2D eigenvalue weighted by molar-refractivity contribution is 4.72. The summed E-state index contributed by atoms with van der Waals surface area (Å²) >= 11 is 0. The maximum absolute atomic E-state index is 2.54. The van der Waals surface area contributed by atoms with Crippen LogP contribution in [0.25, 0.3) is 0 Å². The molecule has 0 atom stereocenters. The summed E-state index contributed by atoms with van der Waals surface area (Å²) in [5.74, 6) is 0. The highest BCUT2D eigenvalue weighted by Crippen LogP contribution is 2.27. The Morgan fingerprint density at radius 1 is 0.682 bits per heavy atom. The van der Waals surface area contributed by atoms with Gasteiger partial charge in [-0.15, -0.1) is 0 Å². The molecule has 2 nitrogen and oxygen atoms in total. The zero-order valence-electron chi connectivity index (χ0n) is 17.0. The van der Waals surface area contributed by atoms with Gasteiger partial charge < -0.3 is 9.80 Å². The summed E-state index contributed by atoms with van der Waals surface area (Å²) in [5.41, 5.74) is 0.954. The quantitative estimate of drug-likeness (QED) is 0.483. The summed E-state index contributed by atoms with van der Waals surface area (Å²) in [5, 5.41) is 0. The molecule has 0 aromatic heterocycles. The van der Waals surface area contributed by atoms with E-state index in [1.165, 1.54) is 64.8 Å². The SMILES string of the molecule is CCN(CC)CCCC(C)(C)CCN(C)CCCC(C)(C)C. The lowest BCUT2D eigenvalue weighted by molar-refractivity contribution is 0.209. The molecule has 0 bridgehead atoms. The molecule has 0 aromatic carbocycles. The Balaban J connectivity index is 3.86. The van der Waals surface area contributed by atoms with Crippen molar-refractivity contribution in [2.45, 2.75) is 80.6 Å². The highest BCUT2D eigenvalue weighted by atomic mass is 15.1. The van der Waals surface area contributed by atoms with Gasteiger partial charge >= 0.3 is 0 Å². The van der Waals surface area contributed by atoms with Gasteiger partial charge in [-0.3, -0.25) is 0 Å². The fourth-order valence-corrected chi connectivity index (χ4v) is 2.93. The van der Waals surface area contributed by atoms with Crippen LogP contribution < -0.4 is 0 Å². The van der Waals surface area contributed by atoms with Crippen molar-refractivity contribution < 1.29 is 0 Å². The number of hydrogen-bond acceptors (Lipinski definition) is 2. The highest BCUT2D eigenvalue weighted by Gasteiger charge is 2.18. The summed E-state index contributed by atoms with van der Waals surface area (Å²) in [6.45, 7) is 22.6. The van der Waals surface area contributed by atoms with Crippen LogP contribution in [-0.2, 0) is 0 Å². The zero-order chi connectivity index (χ0) is 17.2. The molecule has 0 heterocycles. The van der Waals surface area contributed by atoms with E-state index in [-0.39, 0.29) is 0 Å². The van der Waals surface area contributed by atoms with Gasteiger partial charge in [-0.2, -0.15) is 0 Å². The second kappa shape index (κ2) is 10.6. The minimum atomic E-state index is 0.477. The molecule has 0 saturated carbocycles. The molecule has 134 valence electrons.